The molecule has 2 atom stereocenters. The third kappa shape index (κ3) is 2.32. The van der Waals surface area contributed by atoms with Crippen LogP contribution in [-0.4, -0.2) is 16.6 Å². The van der Waals surface area contributed by atoms with Crippen molar-refractivity contribution in [3.05, 3.63) is 30.1 Å². The second-order valence-electron chi connectivity index (χ2n) is 2.47. The van der Waals surface area contributed by atoms with Gasteiger partial charge in [0.05, 0.1) is 5.38 Å². The van der Waals surface area contributed by atoms with E-state index in [9.17, 15) is 0 Å². The molecule has 13 heavy (non-hydrogen) atoms. The van der Waals surface area contributed by atoms with Crippen LogP contribution in [0.25, 0.3) is 0 Å². The van der Waals surface area contributed by atoms with Gasteiger partial charge in [-0.25, -0.2) is 5.53 Å². The van der Waals surface area contributed by atoms with E-state index in [2.05, 4.69) is 10.1 Å². The highest BCUT2D eigenvalue weighted by atomic mass is 35.5. The molecule has 0 fully saturated rings. The van der Waals surface area contributed by atoms with E-state index < -0.39 is 11.4 Å². The number of pyridine rings is 1. The van der Waals surface area contributed by atoms with Gasteiger partial charge in [0.2, 0.25) is 0 Å². The van der Waals surface area contributed by atoms with E-state index in [1.54, 1.807) is 24.5 Å². The quantitative estimate of drug-likeness (QED) is 0.433. The van der Waals surface area contributed by atoms with Gasteiger partial charge in [-0.2, -0.15) is 5.11 Å². The van der Waals surface area contributed by atoms with E-state index in [-0.39, 0.29) is 0 Å². The Morgan fingerprint density at radius 2 is 2.38 bits per heavy atom. The molecule has 2 N–H and O–H groups in total. The highest BCUT2D eigenvalue weighted by Gasteiger charge is 2.18. The highest BCUT2D eigenvalue weighted by Crippen LogP contribution is 2.22. The molecule has 0 aliphatic heterocycles. The summed E-state index contributed by atoms with van der Waals surface area (Å²) in [4.78, 5) is 3.89. The smallest absolute Gasteiger partial charge is 0.118 e. The molecule has 0 bridgehead atoms. The molecule has 2 unspecified atom stereocenters. The predicted octanol–water partition coefficient (Wildman–Crippen LogP) is 2.41. The van der Waals surface area contributed by atoms with Crippen molar-refractivity contribution in [3.8, 4) is 0 Å². The average Bonchev–Trinajstić information content (AvgIpc) is 2.20. The van der Waals surface area contributed by atoms with Crippen molar-refractivity contribution < 1.29 is 0 Å². The average molecular weight is 197 g/mol. The molecule has 1 heterocycles. The highest BCUT2D eigenvalue weighted by molar-refractivity contribution is 6.28. The molecule has 0 radical (unpaired) electrons. The second-order valence-corrected chi connectivity index (χ2v) is 2.98. The first-order valence-electron chi connectivity index (χ1n) is 3.70. The maximum atomic E-state index is 6.97. The number of alkyl halides is 1. The summed E-state index contributed by atoms with van der Waals surface area (Å²) < 4.78 is 0. The van der Waals surface area contributed by atoms with Gasteiger partial charge in [-0.15, -0.1) is 11.6 Å². The Hall–Kier alpha value is -1.29. The van der Waals surface area contributed by atoms with Gasteiger partial charge in [-0.05, 0) is 11.6 Å². The van der Waals surface area contributed by atoms with Crippen LogP contribution in [0.15, 0.2) is 29.6 Å². The van der Waals surface area contributed by atoms with Crippen LogP contribution in [0, 0.1) is 10.9 Å². The molecule has 68 valence electrons. The molecule has 4 nitrogen and oxygen atoms in total. The van der Waals surface area contributed by atoms with Crippen LogP contribution in [0.5, 0.6) is 0 Å². The van der Waals surface area contributed by atoms with E-state index >= 15 is 0 Å². The summed E-state index contributed by atoms with van der Waals surface area (Å²) in [6.45, 7) is 0. The van der Waals surface area contributed by atoms with Crippen molar-refractivity contribution in [2.45, 2.75) is 11.4 Å². The van der Waals surface area contributed by atoms with Crippen LogP contribution < -0.4 is 0 Å². The van der Waals surface area contributed by atoms with Gasteiger partial charge in [0.1, 0.15) is 6.04 Å². The van der Waals surface area contributed by atoms with Crippen molar-refractivity contribution in [3.63, 3.8) is 0 Å². The van der Waals surface area contributed by atoms with Crippen molar-refractivity contribution in [2.24, 2.45) is 5.11 Å². The lowest BCUT2D eigenvalue weighted by Gasteiger charge is -2.11. The molecule has 0 aromatic carbocycles. The lowest BCUT2D eigenvalue weighted by atomic mass is 10.1. The summed E-state index contributed by atoms with van der Waals surface area (Å²) in [5.41, 5.74) is 7.69. The Morgan fingerprint density at radius 3 is 2.85 bits per heavy atom. The summed E-state index contributed by atoms with van der Waals surface area (Å²) in [5, 5.41) is 9.75. The lowest BCUT2D eigenvalue weighted by molar-refractivity contribution is 0.699. The molecule has 0 aliphatic rings. The Balaban J connectivity index is 2.90. The van der Waals surface area contributed by atoms with Gasteiger partial charge in [0.15, 0.2) is 0 Å². The molecule has 1 aromatic rings. The number of nitrogens with one attached hydrogen (secondary N) is 2. The molecule has 5 heteroatoms. The van der Waals surface area contributed by atoms with Crippen molar-refractivity contribution in [1.82, 2.24) is 4.98 Å². The summed E-state index contributed by atoms with van der Waals surface area (Å²) >= 11 is 5.78. The molecule has 1 rings (SSSR count). The van der Waals surface area contributed by atoms with Gasteiger partial charge in [0.25, 0.3) is 0 Å². The largest absolute Gasteiger partial charge is 0.311 e. The van der Waals surface area contributed by atoms with Crippen LogP contribution >= 0.6 is 11.6 Å². The maximum Gasteiger partial charge on any atom is 0.118 e. The van der Waals surface area contributed by atoms with Gasteiger partial charge < -0.3 is 5.41 Å². The van der Waals surface area contributed by atoms with Crippen molar-refractivity contribution in [2.75, 3.05) is 0 Å². The van der Waals surface area contributed by atoms with Crippen LogP contribution in [0.2, 0.25) is 0 Å². The first kappa shape index (κ1) is 9.80. The third-order valence-corrected chi connectivity index (χ3v) is 1.99. The molecule has 0 aliphatic carbocycles. The molecular formula is C8H9ClN4. The van der Waals surface area contributed by atoms with Crippen LogP contribution in [0.4, 0.5) is 0 Å². The summed E-state index contributed by atoms with van der Waals surface area (Å²) in [5.74, 6) is 0. The fourth-order valence-corrected chi connectivity index (χ4v) is 1.17. The van der Waals surface area contributed by atoms with Crippen molar-refractivity contribution in [1.29, 1.82) is 10.9 Å². The fraction of sp³-hybridized carbons (Fsp3) is 0.250. The van der Waals surface area contributed by atoms with Gasteiger partial charge >= 0.3 is 0 Å². The molecule has 1 aromatic heterocycles. The molecule has 0 amide bonds. The minimum Gasteiger partial charge on any atom is -0.311 e. The van der Waals surface area contributed by atoms with Gasteiger partial charge in [-0.1, -0.05) is 6.07 Å². The zero-order valence-electron chi connectivity index (χ0n) is 6.81. The first-order chi connectivity index (χ1) is 6.29. The maximum absolute atomic E-state index is 6.97. The Kier molecular flexibility index (Phi) is 3.52. The molecule has 0 saturated heterocycles. The van der Waals surface area contributed by atoms with E-state index in [1.807, 2.05) is 0 Å². The number of hydrogen-bond acceptors (Lipinski definition) is 4. The number of halogens is 1. The minimum absolute atomic E-state index is 0.507. The summed E-state index contributed by atoms with van der Waals surface area (Å²) in [6, 6.07) is 3.03. The topological polar surface area (TPSA) is 73.0 Å². The number of hydrogen-bond donors (Lipinski definition) is 2. The zero-order valence-corrected chi connectivity index (χ0v) is 7.57. The second kappa shape index (κ2) is 4.67. The van der Waals surface area contributed by atoms with Crippen LogP contribution in [0.1, 0.15) is 11.6 Å². The summed E-state index contributed by atoms with van der Waals surface area (Å²) in [6.07, 6.45) is 4.30. The molecular weight excluding hydrogens is 188 g/mol. The lowest BCUT2D eigenvalue weighted by Crippen LogP contribution is -2.11. The zero-order chi connectivity index (χ0) is 9.68. The molecule has 0 spiro atoms. The van der Waals surface area contributed by atoms with Crippen LogP contribution in [-0.2, 0) is 0 Å². The first-order valence-corrected chi connectivity index (χ1v) is 4.14. The fourth-order valence-electron chi connectivity index (χ4n) is 0.972. The van der Waals surface area contributed by atoms with Crippen LogP contribution in [0.3, 0.4) is 0 Å². The van der Waals surface area contributed by atoms with E-state index in [4.69, 9.17) is 22.5 Å². The number of nitrogens with zero attached hydrogens (tertiary/aromatic N) is 2. The van der Waals surface area contributed by atoms with E-state index in [1.165, 1.54) is 0 Å². The Morgan fingerprint density at radius 1 is 1.62 bits per heavy atom. The third-order valence-electron chi connectivity index (χ3n) is 1.63. The number of aromatic nitrogens is 1. The predicted molar refractivity (Wildman–Crippen MR) is 50.6 cm³/mol. The van der Waals surface area contributed by atoms with E-state index in [0.29, 0.717) is 0 Å². The van der Waals surface area contributed by atoms with Crippen molar-refractivity contribution >= 4 is 17.8 Å². The normalized spacial score (nSPS) is 14.5. The Bertz CT molecular complexity index is 287. The molecule has 0 saturated carbocycles. The SMILES string of the molecule is N=CC(Cl)C(N=N)c1cccnc1. The van der Waals surface area contributed by atoms with Gasteiger partial charge in [0, 0.05) is 18.6 Å². The minimum atomic E-state index is -0.582. The monoisotopic (exact) mass is 196 g/mol. The number of rotatable bonds is 4. The van der Waals surface area contributed by atoms with E-state index in [0.717, 1.165) is 11.8 Å². The van der Waals surface area contributed by atoms with Gasteiger partial charge in [-0.3, -0.25) is 4.98 Å². The Labute approximate surface area is 81.0 Å². The standard InChI is InChI=1S/C8H9ClN4/c9-7(4-10)8(13-11)6-2-1-3-12-5-6/h1-5,7-8,10-11H. The summed E-state index contributed by atoms with van der Waals surface area (Å²) in [7, 11) is 0.